The van der Waals surface area contributed by atoms with Crippen molar-refractivity contribution in [2.75, 3.05) is 13.1 Å². The van der Waals surface area contributed by atoms with Gasteiger partial charge < -0.3 is 10.3 Å². The van der Waals surface area contributed by atoms with E-state index in [1.165, 1.54) is 22.3 Å². The van der Waals surface area contributed by atoms with Crippen molar-refractivity contribution in [3.8, 4) is 0 Å². The Morgan fingerprint density at radius 2 is 2.29 bits per heavy atom. The highest BCUT2D eigenvalue weighted by Crippen LogP contribution is 2.28. The maximum atomic E-state index is 6.21. The quantitative estimate of drug-likeness (QED) is 0.646. The third kappa shape index (κ3) is 3.86. The summed E-state index contributed by atoms with van der Waals surface area (Å²) in [6.45, 7) is 10.9. The van der Waals surface area contributed by atoms with E-state index in [0.717, 1.165) is 25.9 Å². The molecule has 0 radical (unpaired) electrons. The normalized spacial score (nSPS) is 20.6. The van der Waals surface area contributed by atoms with Gasteiger partial charge in [-0.15, -0.1) is 0 Å². The van der Waals surface area contributed by atoms with E-state index in [0.29, 0.717) is 12.0 Å². The lowest BCUT2D eigenvalue weighted by molar-refractivity contribution is 0.299. The van der Waals surface area contributed by atoms with Crippen LogP contribution in [-0.4, -0.2) is 24.1 Å². The molecule has 2 unspecified atom stereocenters. The van der Waals surface area contributed by atoms with Crippen LogP contribution in [0.15, 0.2) is 30.0 Å². The summed E-state index contributed by atoms with van der Waals surface area (Å²) < 4.78 is 0. The fourth-order valence-corrected chi connectivity index (χ4v) is 3.03. The lowest BCUT2D eigenvalue weighted by atomic mass is 9.88. The summed E-state index contributed by atoms with van der Waals surface area (Å²) in [6.07, 6.45) is 4.33. The SMILES string of the molecule is CCc1ccc(C)cc1C(C)/C(C)=C\N(N)C1CCNC1. The lowest BCUT2D eigenvalue weighted by Crippen LogP contribution is -2.38. The molecule has 1 aromatic rings. The molecular formula is C18H29N3. The molecule has 1 heterocycles. The summed E-state index contributed by atoms with van der Waals surface area (Å²) >= 11 is 0. The fraction of sp³-hybridized carbons (Fsp3) is 0.556. The molecule has 3 nitrogen and oxygen atoms in total. The number of nitrogens with two attached hydrogens (primary N) is 1. The van der Waals surface area contributed by atoms with Crippen LogP contribution in [-0.2, 0) is 6.42 Å². The summed E-state index contributed by atoms with van der Waals surface area (Å²) in [4.78, 5) is 0. The predicted molar refractivity (Wildman–Crippen MR) is 90.0 cm³/mol. The smallest absolute Gasteiger partial charge is 0.0582 e. The number of aryl methyl sites for hydroxylation is 2. The Kier molecular flexibility index (Phi) is 5.43. The molecule has 1 aliphatic rings. The molecule has 0 aliphatic carbocycles. The van der Waals surface area contributed by atoms with Crippen LogP contribution < -0.4 is 11.2 Å². The van der Waals surface area contributed by atoms with E-state index >= 15 is 0 Å². The highest BCUT2D eigenvalue weighted by molar-refractivity contribution is 5.38. The number of rotatable bonds is 5. The molecule has 1 aliphatic heterocycles. The van der Waals surface area contributed by atoms with Crippen molar-refractivity contribution in [2.24, 2.45) is 5.84 Å². The molecule has 0 spiro atoms. The van der Waals surface area contributed by atoms with Gasteiger partial charge in [0.05, 0.1) is 6.04 Å². The van der Waals surface area contributed by atoms with Crippen molar-refractivity contribution < 1.29 is 0 Å². The average Bonchev–Trinajstić information content (AvgIpc) is 3.00. The third-order valence-corrected chi connectivity index (χ3v) is 4.64. The van der Waals surface area contributed by atoms with Crippen LogP contribution >= 0.6 is 0 Å². The molecule has 1 saturated heterocycles. The monoisotopic (exact) mass is 287 g/mol. The summed E-state index contributed by atoms with van der Waals surface area (Å²) in [5.74, 6) is 6.62. The van der Waals surface area contributed by atoms with Crippen LogP contribution in [0.3, 0.4) is 0 Å². The third-order valence-electron chi connectivity index (χ3n) is 4.64. The number of hydrazine groups is 1. The Morgan fingerprint density at radius 3 is 2.90 bits per heavy atom. The van der Waals surface area contributed by atoms with Gasteiger partial charge in [-0.1, -0.05) is 37.6 Å². The van der Waals surface area contributed by atoms with Crippen molar-refractivity contribution in [3.63, 3.8) is 0 Å². The van der Waals surface area contributed by atoms with Crippen LogP contribution in [0.2, 0.25) is 0 Å². The molecule has 3 N–H and O–H groups in total. The summed E-state index contributed by atoms with van der Waals surface area (Å²) in [5.41, 5.74) is 5.52. The Labute approximate surface area is 129 Å². The first-order valence-electron chi connectivity index (χ1n) is 8.04. The maximum Gasteiger partial charge on any atom is 0.0582 e. The number of nitrogens with one attached hydrogen (secondary N) is 1. The molecular weight excluding hydrogens is 258 g/mol. The van der Waals surface area contributed by atoms with E-state index in [1.54, 1.807) is 0 Å². The molecule has 2 rings (SSSR count). The van der Waals surface area contributed by atoms with Crippen molar-refractivity contribution >= 4 is 0 Å². The van der Waals surface area contributed by atoms with Gasteiger partial charge in [0.25, 0.3) is 0 Å². The second-order valence-corrected chi connectivity index (χ2v) is 6.24. The Morgan fingerprint density at radius 1 is 1.52 bits per heavy atom. The molecule has 1 aromatic carbocycles. The van der Waals surface area contributed by atoms with Crippen molar-refractivity contribution in [1.29, 1.82) is 0 Å². The van der Waals surface area contributed by atoms with Crippen LogP contribution in [0.4, 0.5) is 0 Å². The summed E-state index contributed by atoms with van der Waals surface area (Å²) in [7, 11) is 0. The van der Waals surface area contributed by atoms with Gasteiger partial charge in [-0.05, 0) is 49.9 Å². The molecule has 21 heavy (non-hydrogen) atoms. The van der Waals surface area contributed by atoms with Crippen LogP contribution in [0.5, 0.6) is 0 Å². The zero-order chi connectivity index (χ0) is 15.4. The minimum absolute atomic E-state index is 0.403. The number of allylic oxidation sites excluding steroid dienone is 1. The van der Waals surface area contributed by atoms with Crippen LogP contribution in [0.25, 0.3) is 0 Å². The van der Waals surface area contributed by atoms with Gasteiger partial charge >= 0.3 is 0 Å². The van der Waals surface area contributed by atoms with E-state index in [4.69, 9.17) is 5.84 Å². The largest absolute Gasteiger partial charge is 0.315 e. The Balaban J connectivity index is 2.18. The van der Waals surface area contributed by atoms with Gasteiger partial charge in [-0.25, -0.2) is 5.84 Å². The van der Waals surface area contributed by atoms with E-state index in [2.05, 4.69) is 57.4 Å². The maximum absolute atomic E-state index is 6.21. The van der Waals surface area contributed by atoms with E-state index < -0.39 is 0 Å². The molecule has 116 valence electrons. The molecule has 1 fully saturated rings. The van der Waals surface area contributed by atoms with Crippen molar-refractivity contribution in [3.05, 3.63) is 46.7 Å². The number of nitrogens with zero attached hydrogens (tertiary/aromatic N) is 1. The van der Waals surface area contributed by atoms with E-state index in [9.17, 15) is 0 Å². The molecule has 2 atom stereocenters. The number of benzene rings is 1. The highest BCUT2D eigenvalue weighted by Gasteiger charge is 2.19. The predicted octanol–water partition coefficient (Wildman–Crippen LogP) is 3.10. The van der Waals surface area contributed by atoms with Crippen LogP contribution in [0, 0.1) is 6.92 Å². The van der Waals surface area contributed by atoms with Crippen LogP contribution in [0.1, 0.15) is 49.8 Å². The second-order valence-electron chi connectivity index (χ2n) is 6.24. The first-order chi connectivity index (χ1) is 10.0. The molecule has 0 amide bonds. The van der Waals surface area contributed by atoms with Gasteiger partial charge in [0.2, 0.25) is 0 Å². The zero-order valence-corrected chi connectivity index (χ0v) is 13.8. The molecule has 0 aromatic heterocycles. The van der Waals surface area contributed by atoms with E-state index in [-0.39, 0.29) is 0 Å². The zero-order valence-electron chi connectivity index (χ0n) is 13.8. The Hall–Kier alpha value is -1.32. The summed E-state index contributed by atoms with van der Waals surface area (Å²) in [6, 6.07) is 7.21. The minimum atomic E-state index is 0.403. The lowest BCUT2D eigenvalue weighted by Gasteiger charge is -2.24. The van der Waals surface area contributed by atoms with Crippen molar-refractivity contribution in [1.82, 2.24) is 10.3 Å². The fourth-order valence-electron chi connectivity index (χ4n) is 3.03. The van der Waals surface area contributed by atoms with Gasteiger partial charge in [0.15, 0.2) is 0 Å². The minimum Gasteiger partial charge on any atom is -0.315 e. The topological polar surface area (TPSA) is 41.3 Å². The average molecular weight is 287 g/mol. The molecule has 0 saturated carbocycles. The van der Waals surface area contributed by atoms with E-state index in [1.807, 2.05) is 5.01 Å². The number of hydrogen-bond donors (Lipinski definition) is 2. The first-order valence-corrected chi connectivity index (χ1v) is 8.04. The number of hydrogen-bond acceptors (Lipinski definition) is 3. The second kappa shape index (κ2) is 7.10. The molecule has 3 heteroatoms. The standard InChI is InChI=1S/C18H29N3/c1-5-16-7-6-13(2)10-18(16)15(4)14(3)12-21(19)17-8-9-20-11-17/h6-7,10,12,15,17,20H,5,8-9,11,19H2,1-4H3/b14-12-. The van der Waals surface area contributed by atoms with Gasteiger partial charge in [-0.2, -0.15) is 0 Å². The van der Waals surface area contributed by atoms with Crippen molar-refractivity contribution in [2.45, 2.75) is 52.5 Å². The first kappa shape index (κ1) is 16.1. The summed E-state index contributed by atoms with van der Waals surface area (Å²) in [5, 5.41) is 5.26. The van der Waals surface area contributed by atoms with Gasteiger partial charge in [0.1, 0.15) is 0 Å². The van der Waals surface area contributed by atoms with Gasteiger partial charge in [-0.3, -0.25) is 0 Å². The highest BCUT2D eigenvalue weighted by atomic mass is 15.4. The van der Waals surface area contributed by atoms with Gasteiger partial charge in [0, 0.05) is 18.7 Å². The Bertz CT molecular complexity index is 501. The molecule has 0 bridgehead atoms.